The molecule has 3 heteroatoms. The first-order valence-electron chi connectivity index (χ1n) is 8.67. The third-order valence-corrected chi connectivity index (χ3v) is 4.62. The van der Waals surface area contributed by atoms with Crippen LogP contribution in [-0.4, -0.2) is 9.55 Å². The quantitative estimate of drug-likeness (QED) is 0.443. The minimum Gasteiger partial charge on any atom is -0.356 e. The monoisotopic (exact) mass is 335 g/mol. The van der Waals surface area contributed by atoms with Crippen LogP contribution in [0.5, 0.6) is 0 Å². The Kier molecular flexibility index (Phi) is 3.42. The second kappa shape index (κ2) is 6.05. The van der Waals surface area contributed by atoms with Crippen LogP contribution in [0, 0.1) is 0 Å². The molecule has 0 saturated carbocycles. The number of hydrogen-bond acceptors (Lipinski definition) is 2. The summed E-state index contributed by atoms with van der Waals surface area (Å²) >= 11 is 0. The van der Waals surface area contributed by atoms with Crippen LogP contribution in [0.25, 0.3) is 27.6 Å². The number of nitrogens with zero attached hydrogens (tertiary/aromatic N) is 2. The van der Waals surface area contributed by atoms with Crippen molar-refractivity contribution in [3.63, 3.8) is 0 Å². The molecular formula is C23H17N3. The highest BCUT2D eigenvalue weighted by molar-refractivity contribution is 6.07. The average Bonchev–Trinajstić information content (AvgIpc) is 3.04. The largest absolute Gasteiger partial charge is 0.356 e. The molecule has 0 aliphatic heterocycles. The maximum atomic E-state index is 4.63. The summed E-state index contributed by atoms with van der Waals surface area (Å²) < 4.78 is 2.22. The highest BCUT2D eigenvalue weighted by atomic mass is 15.0. The predicted molar refractivity (Wildman–Crippen MR) is 108 cm³/mol. The lowest BCUT2D eigenvalue weighted by Gasteiger charge is -2.10. The average molecular weight is 335 g/mol. The van der Waals surface area contributed by atoms with Crippen molar-refractivity contribution < 1.29 is 0 Å². The molecule has 0 fully saturated rings. The van der Waals surface area contributed by atoms with E-state index < -0.39 is 0 Å². The molecule has 0 aliphatic rings. The summed E-state index contributed by atoms with van der Waals surface area (Å²) in [6.07, 6.45) is 1.85. The number of benzene rings is 3. The molecule has 0 amide bonds. The zero-order valence-electron chi connectivity index (χ0n) is 14.1. The van der Waals surface area contributed by atoms with E-state index in [-0.39, 0.29) is 0 Å². The van der Waals surface area contributed by atoms with Crippen LogP contribution in [0.15, 0.2) is 97.2 Å². The van der Waals surface area contributed by atoms with E-state index in [1.54, 1.807) is 0 Å². The maximum absolute atomic E-state index is 4.63. The first-order chi connectivity index (χ1) is 12.9. The molecule has 5 aromatic rings. The number of para-hydroxylation sites is 2. The molecule has 0 aliphatic carbocycles. The Morgan fingerprint density at radius 2 is 1.31 bits per heavy atom. The highest BCUT2D eigenvalue weighted by Crippen LogP contribution is 2.31. The summed E-state index contributed by atoms with van der Waals surface area (Å²) in [4.78, 5) is 4.63. The van der Waals surface area contributed by atoms with Gasteiger partial charge in [0.1, 0.15) is 5.65 Å². The molecule has 3 nitrogen and oxygen atoms in total. The van der Waals surface area contributed by atoms with Crippen LogP contribution in [0.1, 0.15) is 0 Å². The van der Waals surface area contributed by atoms with Crippen LogP contribution < -0.4 is 5.32 Å². The molecule has 2 heterocycles. The Morgan fingerprint density at radius 1 is 0.615 bits per heavy atom. The molecule has 0 atom stereocenters. The molecule has 0 spiro atoms. The molecule has 0 bridgehead atoms. The SMILES string of the molecule is c1ccc(Nc2ccc(-n3c4ccccc4c4cccnc43)cc2)cc1. The fraction of sp³-hybridized carbons (Fsp3) is 0. The lowest BCUT2D eigenvalue weighted by atomic mass is 10.2. The van der Waals surface area contributed by atoms with Crippen LogP contribution in [0.4, 0.5) is 11.4 Å². The van der Waals surface area contributed by atoms with E-state index in [2.05, 4.69) is 81.6 Å². The first-order valence-corrected chi connectivity index (χ1v) is 8.67. The van der Waals surface area contributed by atoms with Gasteiger partial charge in [-0.05, 0) is 54.6 Å². The van der Waals surface area contributed by atoms with Gasteiger partial charge in [0.05, 0.1) is 5.52 Å². The minimum atomic E-state index is 0.984. The summed E-state index contributed by atoms with van der Waals surface area (Å²) in [6, 6.07) is 31.2. The minimum absolute atomic E-state index is 0.984. The van der Waals surface area contributed by atoms with Crippen molar-refractivity contribution in [1.82, 2.24) is 9.55 Å². The molecular weight excluding hydrogens is 318 g/mol. The van der Waals surface area contributed by atoms with E-state index in [0.717, 1.165) is 22.7 Å². The van der Waals surface area contributed by atoms with Crippen molar-refractivity contribution in [3.8, 4) is 5.69 Å². The fourth-order valence-corrected chi connectivity index (χ4v) is 3.44. The fourth-order valence-electron chi connectivity index (χ4n) is 3.44. The molecule has 5 rings (SSSR count). The van der Waals surface area contributed by atoms with Gasteiger partial charge in [0.15, 0.2) is 0 Å². The van der Waals surface area contributed by atoms with Crippen molar-refractivity contribution >= 4 is 33.3 Å². The number of hydrogen-bond donors (Lipinski definition) is 1. The summed E-state index contributed by atoms with van der Waals surface area (Å²) in [7, 11) is 0. The Bertz CT molecular complexity index is 1140. The lowest BCUT2D eigenvalue weighted by molar-refractivity contribution is 1.14. The zero-order valence-corrected chi connectivity index (χ0v) is 14.1. The molecule has 1 N–H and O–H groups in total. The molecule has 124 valence electrons. The van der Waals surface area contributed by atoms with Crippen molar-refractivity contribution in [1.29, 1.82) is 0 Å². The number of pyridine rings is 1. The van der Waals surface area contributed by atoms with Gasteiger partial charge in [-0.1, -0.05) is 36.4 Å². The molecule has 26 heavy (non-hydrogen) atoms. The topological polar surface area (TPSA) is 29.9 Å². The summed E-state index contributed by atoms with van der Waals surface area (Å²) in [5.74, 6) is 0. The van der Waals surface area contributed by atoms with E-state index in [1.807, 2.05) is 30.5 Å². The standard InChI is InChI=1S/C23H17N3/c1-2-7-17(8-3-1)25-18-12-14-19(15-13-18)26-22-11-5-4-9-20(22)21-10-6-16-24-23(21)26/h1-16,25H. The van der Waals surface area contributed by atoms with E-state index in [4.69, 9.17) is 0 Å². The Morgan fingerprint density at radius 3 is 2.15 bits per heavy atom. The Balaban J connectivity index is 1.61. The summed E-state index contributed by atoms with van der Waals surface area (Å²) in [5.41, 5.74) is 5.41. The number of aromatic nitrogens is 2. The van der Waals surface area contributed by atoms with E-state index >= 15 is 0 Å². The van der Waals surface area contributed by atoms with E-state index in [9.17, 15) is 0 Å². The van der Waals surface area contributed by atoms with Gasteiger partial charge in [0, 0.05) is 34.0 Å². The van der Waals surface area contributed by atoms with Crippen LogP contribution in [0.3, 0.4) is 0 Å². The molecule has 0 unspecified atom stereocenters. The third-order valence-electron chi connectivity index (χ3n) is 4.62. The molecule has 0 radical (unpaired) electrons. The number of nitrogens with one attached hydrogen (secondary N) is 1. The van der Waals surface area contributed by atoms with Crippen LogP contribution in [0.2, 0.25) is 0 Å². The molecule has 3 aromatic carbocycles. The van der Waals surface area contributed by atoms with Crippen molar-refractivity contribution in [2.45, 2.75) is 0 Å². The zero-order chi connectivity index (χ0) is 17.3. The second-order valence-electron chi connectivity index (χ2n) is 6.27. The van der Waals surface area contributed by atoms with Gasteiger partial charge in [-0.15, -0.1) is 0 Å². The first kappa shape index (κ1) is 14.7. The van der Waals surface area contributed by atoms with Gasteiger partial charge in [-0.25, -0.2) is 4.98 Å². The summed E-state index contributed by atoms with van der Waals surface area (Å²) in [5, 5.41) is 5.83. The Labute approximate surface area is 151 Å². The van der Waals surface area contributed by atoms with Crippen LogP contribution >= 0.6 is 0 Å². The Hall–Kier alpha value is -3.59. The third kappa shape index (κ3) is 2.42. The van der Waals surface area contributed by atoms with E-state index in [0.29, 0.717) is 0 Å². The van der Waals surface area contributed by atoms with Gasteiger partial charge >= 0.3 is 0 Å². The van der Waals surface area contributed by atoms with Gasteiger partial charge in [0.25, 0.3) is 0 Å². The van der Waals surface area contributed by atoms with Gasteiger partial charge in [-0.3, -0.25) is 4.57 Å². The van der Waals surface area contributed by atoms with Gasteiger partial charge in [-0.2, -0.15) is 0 Å². The maximum Gasteiger partial charge on any atom is 0.145 e. The second-order valence-corrected chi connectivity index (χ2v) is 6.27. The van der Waals surface area contributed by atoms with Crippen molar-refractivity contribution in [2.24, 2.45) is 0 Å². The molecule has 2 aromatic heterocycles. The smallest absolute Gasteiger partial charge is 0.145 e. The number of fused-ring (bicyclic) bond motifs is 3. The van der Waals surface area contributed by atoms with Gasteiger partial charge in [0.2, 0.25) is 0 Å². The normalized spacial score (nSPS) is 11.1. The van der Waals surface area contributed by atoms with E-state index in [1.165, 1.54) is 16.3 Å². The van der Waals surface area contributed by atoms with Crippen molar-refractivity contribution in [2.75, 3.05) is 5.32 Å². The number of anilines is 2. The lowest BCUT2D eigenvalue weighted by Crippen LogP contribution is -1.96. The highest BCUT2D eigenvalue weighted by Gasteiger charge is 2.12. The number of rotatable bonds is 3. The predicted octanol–water partition coefficient (Wildman–Crippen LogP) is 5.92. The van der Waals surface area contributed by atoms with Crippen molar-refractivity contribution in [3.05, 3.63) is 97.2 Å². The van der Waals surface area contributed by atoms with Crippen LogP contribution in [-0.2, 0) is 0 Å². The van der Waals surface area contributed by atoms with Gasteiger partial charge < -0.3 is 5.32 Å². The molecule has 0 saturated heterocycles. The summed E-state index contributed by atoms with van der Waals surface area (Å²) in [6.45, 7) is 0.